The lowest BCUT2D eigenvalue weighted by Crippen LogP contribution is -2.12. The Labute approximate surface area is 180 Å². The van der Waals surface area contributed by atoms with Crippen molar-refractivity contribution in [3.05, 3.63) is 88.3 Å². The number of hydrogen-bond acceptors (Lipinski definition) is 5. The molecule has 0 unspecified atom stereocenters. The van der Waals surface area contributed by atoms with E-state index in [-0.39, 0.29) is 18.1 Å². The van der Waals surface area contributed by atoms with Crippen LogP contribution in [-0.2, 0) is 6.61 Å². The molecule has 6 nitrogen and oxygen atoms in total. The molecule has 0 radical (unpaired) electrons. The summed E-state index contributed by atoms with van der Waals surface area (Å²) >= 11 is 1.33. The van der Waals surface area contributed by atoms with Crippen LogP contribution in [0.25, 0.3) is 10.1 Å². The van der Waals surface area contributed by atoms with Crippen LogP contribution >= 0.6 is 11.3 Å². The summed E-state index contributed by atoms with van der Waals surface area (Å²) in [6, 6.07) is 10.6. The summed E-state index contributed by atoms with van der Waals surface area (Å²) in [4.78, 5) is 27.8. The van der Waals surface area contributed by atoms with Gasteiger partial charge in [-0.25, -0.2) is 9.18 Å². The third kappa shape index (κ3) is 4.39. The summed E-state index contributed by atoms with van der Waals surface area (Å²) in [5.74, 6) is -1.20. The molecule has 31 heavy (non-hydrogen) atoms. The Morgan fingerprint density at radius 3 is 2.68 bits per heavy atom. The van der Waals surface area contributed by atoms with Gasteiger partial charge in [0, 0.05) is 40.7 Å². The van der Waals surface area contributed by atoms with Gasteiger partial charge >= 0.3 is 5.97 Å². The highest BCUT2D eigenvalue weighted by molar-refractivity contribution is 7.17. The number of amides is 1. The molecule has 8 heteroatoms. The van der Waals surface area contributed by atoms with Gasteiger partial charge in [0.1, 0.15) is 18.2 Å². The lowest BCUT2D eigenvalue weighted by molar-refractivity contribution is 0.0698. The largest absolute Gasteiger partial charge is 0.489 e. The molecule has 0 aliphatic carbocycles. The second-order valence-electron chi connectivity index (χ2n) is 6.86. The molecule has 2 N–H and O–H groups in total. The van der Waals surface area contributed by atoms with Crippen LogP contribution in [-0.4, -0.2) is 22.0 Å². The van der Waals surface area contributed by atoms with Crippen molar-refractivity contribution in [3.63, 3.8) is 0 Å². The van der Waals surface area contributed by atoms with Crippen molar-refractivity contribution in [2.75, 3.05) is 5.32 Å². The van der Waals surface area contributed by atoms with Crippen LogP contribution in [0.3, 0.4) is 0 Å². The second-order valence-corrected chi connectivity index (χ2v) is 7.74. The quantitative estimate of drug-likeness (QED) is 0.430. The Morgan fingerprint density at radius 1 is 1.16 bits per heavy atom. The number of aromatic carboxylic acids is 1. The monoisotopic (exact) mass is 436 g/mol. The van der Waals surface area contributed by atoms with E-state index >= 15 is 0 Å². The number of pyridine rings is 1. The Hall–Kier alpha value is -3.78. The van der Waals surface area contributed by atoms with Crippen LogP contribution in [0, 0.1) is 12.7 Å². The number of carboxylic acids is 1. The number of carboxylic acid groups (broad SMARTS) is 1. The molecule has 0 bridgehead atoms. The molecule has 156 valence electrons. The highest BCUT2D eigenvalue weighted by Gasteiger charge is 2.14. The van der Waals surface area contributed by atoms with Crippen molar-refractivity contribution in [3.8, 4) is 5.75 Å². The summed E-state index contributed by atoms with van der Waals surface area (Å²) < 4.78 is 19.7. The number of rotatable bonds is 6. The number of thiophene rings is 1. The standard InChI is InChI=1S/C23H17FN2O4S/c1-13-2-7-17(26-22(27)14-3-5-16(24)6-4-14)8-20(13)30-11-15-12-31-21-18(15)9-25-10-19(21)23(28)29/h2-10,12H,11H2,1H3,(H,26,27)(H,28,29). The normalized spacial score (nSPS) is 10.8. The maximum absolute atomic E-state index is 13.1. The number of hydrogen-bond donors (Lipinski definition) is 2. The SMILES string of the molecule is Cc1ccc(NC(=O)c2ccc(F)cc2)cc1OCc1csc2c(C(=O)O)cncc12. The Bertz CT molecular complexity index is 1280. The van der Waals surface area contributed by atoms with Gasteiger partial charge in [-0.15, -0.1) is 11.3 Å². The fourth-order valence-corrected chi connectivity index (χ4v) is 4.09. The molecule has 1 amide bonds. The van der Waals surface area contributed by atoms with Gasteiger partial charge in [0.2, 0.25) is 0 Å². The minimum Gasteiger partial charge on any atom is -0.489 e. The highest BCUT2D eigenvalue weighted by atomic mass is 32.1. The number of nitrogens with zero attached hydrogens (tertiary/aromatic N) is 1. The average molecular weight is 436 g/mol. The predicted octanol–water partition coefficient (Wildman–Crippen LogP) is 5.27. The molecule has 4 aromatic rings. The number of aromatic nitrogens is 1. The Kier molecular flexibility index (Phi) is 5.64. The van der Waals surface area contributed by atoms with Gasteiger partial charge in [0.05, 0.1) is 10.3 Å². The van der Waals surface area contributed by atoms with Crippen LogP contribution in [0.5, 0.6) is 5.75 Å². The van der Waals surface area contributed by atoms with E-state index in [1.165, 1.54) is 41.8 Å². The summed E-state index contributed by atoms with van der Waals surface area (Å²) in [7, 11) is 0. The van der Waals surface area contributed by atoms with E-state index in [0.29, 0.717) is 21.7 Å². The minimum atomic E-state index is -1.02. The number of carbonyl (C=O) groups excluding carboxylic acids is 1. The van der Waals surface area contributed by atoms with E-state index in [2.05, 4.69) is 10.3 Å². The van der Waals surface area contributed by atoms with E-state index in [1.807, 2.05) is 18.4 Å². The van der Waals surface area contributed by atoms with E-state index in [1.54, 1.807) is 18.3 Å². The van der Waals surface area contributed by atoms with E-state index in [9.17, 15) is 19.1 Å². The summed E-state index contributed by atoms with van der Waals surface area (Å²) in [5, 5.41) is 14.7. The van der Waals surface area contributed by atoms with Crippen LogP contribution in [0.4, 0.5) is 10.1 Å². The molecule has 2 aromatic carbocycles. The molecule has 4 rings (SSSR count). The van der Waals surface area contributed by atoms with E-state index in [0.717, 1.165) is 16.5 Å². The molecule has 0 saturated carbocycles. The number of nitrogens with one attached hydrogen (secondary N) is 1. The zero-order chi connectivity index (χ0) is 22.0. The van der Waals surface area contributed by atoms with Gasteiger partial charge in [-0.05, 0) is 48.2 Å². The van der Waals surface area contributed by atoms with Crippen molar-refractivity contribution < 1.29 is 23.8 Å². The average Bonchev–Trinajstić information content (AvgIpc) is 3.17. The molecule has 0 spiro atoms. The Morgan fingerprint density at radius 2 is 1.94 bits per heavy atom. The van der Waals surface area contributed by atoms with Crippen molar-refractivity contribution in [1.29, 1.82) is 0 Å². The van der Waals surface area contributed by atoms with Crippen molar-refractivity contribution in [1.82, 2.24) is 4.98 Å². The van der Waals surface area contributed by atoms with Gasteiger partial charge in [0.25, 0.3) is 5.91 Å². The van der Waals surface area contributed by atoms with Crippen LogP contribution in [0.2, 0.25) is 0 Å². The molecular weight excluding hydrogens is 419 g/mol. The fraction of sp³-hybridized carbons (Fsp3) is 0.0870. The van der Waals surface area contributed by atoms with Crippen molar-refractivity contribution in [2.24, 2.45) is 0 Å². The number of benzene rings is 2. The third-order valence-corrected chi connectivity index (χ3v) is 5.81. The van der Waals surface area contributed by atoms with Crippen LogP contribution < -0.4 is 10.1 Å². The van der Waals surface area contributed by atoms with E-state index in [4.69, 9.17) is 4.74 Å². The molecule has 0 saturated heterocycles. The zero-order valence-corrected chi connectivity index (χ0v) is 17.2. The lowest BCUT2D eigenvalue weighted by atomic mass is 10.1. The number of aryl methyl sites for hydroxylation is 1. The highest BCUT2D eigenvalue weighted by Crippen LogP contribution is 2.30. The third-order valence-electron chi connectivity index (χ3n) is 4.73. The lowest BCUT2D eigenvalue weighted by Gasteiger charge is -2.12. The number of fused-ring (bicyclic) bond motifs is 1. The summed E-state index contributed by atoms with van der Waals surface area (Å²) in [6.45, 7) is 2.11. The molecule has 0 atom stereocenters. The van der Waals surface area contributed by atoms with Crippen molar-refractivity contribution in [2.45, 2.75) is 13.5 Å². The summed E-state index contributed by atoms with van der Waals surface area (Å²) in [6.07, 6.45) is 2.96. The van der Waals surface area contributed by atoms with Gasteiger partial charge in [-0.2, -0.15) is 0 Å². The second kappa shape index (κ2) is 8.53. The first-order valence-electron chi connectivity index (χ1n) is 9.30. The zero-order valence-electron chi connectivity index (χ0n) is 16.4. The number of halogens is 1. The van der Waals surface area contributed by atoms with Crippen LogP contribution in [0.15, 0.2) is 60.2 Å². The Balaban J connectivity index is 1.51. The molecule has 2 heterocycles. The predicted molar refractivity (Wildman–Crippen MR) is 116 cm³/mol. The fourth-order valence-electron chi connectivity index (χ4n) is 3.06. The van der Waals surface area contributed by atoms with E-state index < -0.39 is 11.8 Å². The first kappa shape index (κ1) is 20.5. The summed E-state index contributed by atoms with van der Waals surface area (Å²) in [5.41, 5.74) is 2.76. The first-order chi connectivity index (χ1) is 14.9. The molecular formula is C23H17FN2O4S. The molecule has 0 aliphatic heterocycles. The van der Waals surface area contributed by atoms with Gasteiger partial charge in [-0.1, -0.05) is 6.07 Å². The number of anilines is 1. The molecule has 2 aromatic heterocycles. The topological polar surface area (TPSA) is 88.5 Å². The van der Waals surface area contributed by atoms with Gasteiger partial charge in [0.15, 0.2) is 0 Å². The maximum atomic E-state index is 13.1. The first-order valence-corrected chi connectivity index (χ1v) is 10.2. The smallest absolute Gasteiger partial charge is 0.338 e. The minimum absolute atomic E-state index is 0.162. The maximum Gasteiger partial charge on any atom is 0.338 e. The van der Waals surface area contributed by atoms with Crippen molar-refractivity contribution >= 4 is 39.0 Å². The van der Waals surface area contributed by atoms with Gasteiger partial charge < -0.3 is 15.2 Å². The molecule has 0 fully saturated rings. The number of carbonyl (C=O) groups is 2. The molecule has 0 aliphatic rings. The number of ether oxygens (including phenoxy) is 1. The van der Waals surface area contributed by atoms with Crippen LogP contribution in [0.1, 0.15) is 31.8 Å². The van der Waals surface area contributed by atoms with Gasteiger partial charge in [-0.3, -0.25) is 9.78 Å².